The highest BCUT2D eigenvalue weighted by molar-refractivity contribution is 5.80. The molecule has 0 aromatic heterocycles. The number of likely N-dealkylation sites (tertiary alicyclic amines) is 1. The van der Waals surface area contributed by atoms with Crippen LogP contribution in [-0.2, 0) is 27.4 Å². The molecular formula is C25H40N4O3. The molecule has 0 saturated carbocycles. The Kier molecular flexibility index (Phi) is 9.36. The number of morpholine rings is 1. The molecule has 178 valence electrons. The number of benzene rings is 1. The zero-order valence-corrected chi connectivity index (χ0v) is 20.2. The SMILES string of the molecule is CCNC(=NCc1ccc(CN2CC(C)OC(C)C2)cc1)N1CCC(C(=O)OCC)CC1. The molecule has 32 heavy (non-hydrogen) atoms. The summed E-state index contributed by atoms with van der Waals surface area (Å²) in [6.07, 6.45) is 2.21. The summed E-state index contributed by atoms with van der Waals surface area (Å²) < 4.78 is 11.0. The van der Waals surface area contributed by atoms with Gasteiger partial charge in [-0.2, -0.15) is 0 Å². The molecule has 0 aliphatic carbocycles. The maximum absolute atomic E-state index is 12.0. The van der Waals surface area contributed by atoms with E-state index >= 15 is 0 Å². The first-order valence-electron chi connectivity index (χ1n) is 12.1. The van der Waals surface area contributed by atoms with E-state index in [1.165, 1.54) is 11.1 Å². The minimum atomic E-state index is -0.0600. The lowest BCUT2D eigenvalue weighted by Gasteiger charge is -2.35. The summed E-state index contributed by atoms with van der Waals surface area (Å²) in [6.45, 7) is 14.7. The molecule has 7 nitrogen and oxygen atoms in total. The number of nitrogens with one attached hydrogen (secondary N) is 1. The number of carbonyl (C=O) groups excluding carboxylic acids is 1. The highest BCUT2D eigenvalue weighted by atomic mass is 16.5. The van der Waals surface area contributed by atoms with Crippen molar-refractivity contribution in [1.82, 2.24) is 15.1 Å². The maximum Gasteiger partial charge on any atom is 0.309 e. The Morgan fingerprint density at radius 1 is 1.09 bits per heavy atom. The van der Waals surface area contributed by atoms with Crippen molar-refractivity contribution in [3.63, 3.8) is 0 Å². The van der Waals surface area contributed by atoms with E-state index in [2.05, 4.69) is 60.2 Å². The molecule has 7 heteroatoms. The average Bonchev–Trinajstić information content (AvgIpc) is 2.77. The van der Waals surface area contributed by atoms with Crippen LogP contribution >= 0.6 is 0 Å². The molecule has 2 aliphatic rings. The second kappa shape index (κ2) is 12.2. The van der Waals surface area contributed by atoms with Gasteiger partial charge in [-0.1, -0.05) is 24.3 Å². The number of carbonyl (C=O) groups is 1. The minimum Gasteiger partial charge on any atom is -0.466 e. The van der Waals surface area contributed by atoms with E-state index in [0.29, 0.717) is 25.4 Å². The Morgan fingerprint density at radius 3 is 2.31 bits per heavy atom. The van der Waals surface area contributed by atoms with Crippen LogP contribution in [0.5, 0.6) is 0 Å². The molecule has 0 bridgehead atoms. The fourth-order valence-electron chi connectivity index (χ4n) is 4.60. The molecule has 2 unspecified atom stereocenters. The first kappa shape index (κ1) is 24.5. The van der Waals surface area contributed by atoms with Crippen molar-refractivity contribution in [3.8, 4) is 0 Å². The van der Waals surface area contributed by atoms with E-state index in [4.69, 9.17) is 14.5 Å². The third kappa shape index (κ3) is 7.20. The van der Waals surface area contributed by atoms with E-state index in [-0.39, 0.29) is 11.9 Å². The van der Waals surface area contributed by atoms with Crippen LogP contribution in [-0.4, -0.2) is 73.3 Å². The molecular weight excluding hydrogens is 404 g/mol. The molecule has 1 N–H and O–H groups in total. The fourth-order valence-corrected chi connectivity index (χ4v) is 4.60. The predicted octanol–water partition coefficient (Wildman–Crippen LogP) is 3.04. The molecule has 2 saturated heterocycles. The summed E-state index contributed by atoms with van der Waals surface area (Å²) in [5, 5.41) is 3.41. The van der Waals surface area contributed by atoms with Crippen LogP contribution in [0, 0.1) is 5.92 Å². The number of hydrogen-bond donors (Lipinski definition) is 1. The normalized spacial score (nSPS) is 23.2. The Balaban J connectivity index is 1.53. The third-order valence-corrected chi connectivity index (χ3v) is 6.09. The largest absolute Gasteiger partial charge is 0.466 e. The number of esters is 1. The summed E-state index contributed by atoms with van der Waals surface area (Å²) in [7, 11) is 0. The Hall–Kier alpha value is -2.12. The summed E-state index contributed by atoms with van der Waals surface area (Å²) in [5.41, 5.74) is 2.53. The van der Waals surface area contributed by atoms with E-state index in [9.17, 15) is 4.79 Å². The first-order chi connectivity index (χ1) is 15.5. The lowest BCUT2D eigenvalue weighted by atomic mass is 9.97. The van der Waals surface area contributed by atoms with Crippen molar-refractivity contribution in [2.24, 2.45) is 10.9 Å². The highest BCUT2D eigenvalue weighted by Crippen LogP contribution is 2.19. The van der Waals surface area contributed by atoms with Crippen molar-refractivity contribution in [2.75, 3.05) is 39.3 Å². The van der Waals surface area contributed by atoms with Crippen molar-refractivity contribution >= 4 is 11.9 Å². The van der Waals surface area contributed by atoms with Gasteiger partial charge in [0, 0.05) is 39.3 Å². The highest BCUT2D eigenvalue weighted by Gasteiger charge is 2.27. The second-order valence-corrected chi connectivity index (χ2v) is 8.95. The summed E-state index contributed by atoms with van der Waals surface area (Å²) in [5.74, 6) is 0.879. The third-order valence-electron chi connectivity index (χ3n) is 6.09. The van der Waals surface area contributed by atoms with Crippen LogP contribution in [0.1, 0.15) is 51.7 Å². The molecule has 3 rings (SSSR count). The van der Waals surface area contributed by atoms with Gasteiger partial charge in [-0.05, 0) is 51.7 Å². The lowest BCUT2D eigenvalue weighted by molar-refractivity contribution is -0.149. The molecule has 0 spiro atoms. The number of ether oxygens (including phenoxy) is 2. The van der Waals surface area contributed by atoms with Gasteiger partial charge >= 0.3 is 5.97 Å². The van der Waals surface area contributed by atoms with Gasteiger partial charge in [0.25, 0.3) is 0 Å². The molecule has 2 atom stereocenters. The monoisotopic (exact) mass is 444 g/mol. The number of nitrogens with zero attached hydrogens (tertiary/aromatic N) is 3. The average molecular weight is 445 g/mol. The number of hydrogen-bond acceptors (Lipinski definition) is 5. The van der Waals surface area contributed by atoms with Crippen LogP contribution in [0.25, 0.3) is 0 Å². The van der Waals surface area contributed by atoms with Gasteiger partial charge in [0.2, 0.25) is 0 Å². The van der Waals surface area contributed by atoms with Gasteiger partial charge in [0.05, 0.1) is 31.3 Å². The lowest BCUT2D eigenvalue weighted by Crippen LogP contribution is -2.46. The number of aliphatic imine (C=N–C) groups is 1. The molecule has 1 aromatic rings. The van der Waals surface area contributed by atoms with Crippen LogP contribution in [0.3, 0.4) is 0 Å². The van der Waals surface area contributed by atoms with Crippen molar-refractivity contribution in [1.29, 1.82) is 0 Å². The van der Waals surface area contributed by atoms with Gasteiger partial charge < -0.3 is 19.7 Å². The van der Waals surface area contributed by atoms with Crippen molar-refractivity contribution in [2.45, 2.75) is 65.8 Å². The van der Waals surface area contributed by atoms with Crippen molar-refractivity contribution in [3.05, 3.63) is 35.4 Å². The number of guanidine groups is 1. The van der Waals surface area contributed by atoms with Gasteiger partial charge in [-0.3, -0.25) is 9.69 Å². The Bertz CT molecular complexity index is 734. The topological polar surface area (TPSA) is 66.4 Å². The molecule has 2 aliphatic heterocycles. The quantitative estimate of drug-likeness (QED) is 0.396. The van der Waals surface area contributed by atoms with Crippen LogP contribution < -0.4 is 5.32 Å². The van der Waals surface area contributed by atoms with Gasteiger partial charge in [0.15, 0.2) is 5.96 Å². The molecule has 2 fully saturated rings. The summed E-state index contributed by atoms with van der Waals surface area (Å²) in [6, 6.07) is 8.80. The summed E-state index contributed by atoms with van der Waals surface area (Å²) >= 11 is 0. The van der Waals surface area contributed by atoms with Crippen LogP contribution in [0.2, 0.25) is 0 Å². The predicted molar refractivity (Wildman–Crippen MR) is 127 cm³/mol. The zero-order valence-electron chi connectivity index (χ0n) is 20.2. The minimum absolute atomic E-state index is 0.0130. The molecule has 0 radical (unpaired) electrons. The van der Waals surface area contributed by atoms with Crippen LogP contribution in [0.15, 0.2) is 29.3 Å². The summed E-state index contributed by atoms with van der Waals surface area (Å²) in [4.78, 5) is 21.6. The van der Waals surface area contributed by atoms with Crippen LogP contribution in [0.4, 0.5) is 0 Å². The smallest absolute Gasteiger partial charge is 0.309 e. The number of piperidine rings is 1. The maximum atomic E-state index is 12.0. The van der Waals surface area contributed by atoms with E-state index in [0.717, 1.165) is 58.1 Å². The molecule has 1 aromatic carbocycles. The zero-order chi connectivity index (χ0) is 22.9. The standard InChI is InChI=1S/C25H40N4O3/c1-5-26-25(29-13-11-23(12-14-29)24(30)31-6-2)27-15-21-7-9-22(10-8-21)18-28-16-19(3)32-20(4)17-28/h7-10,19-20,23H,5-6,11-18H2,1-4H3,(H,26,27). The number of rotatable bonds is 7. The Labute approximate surface area is 193 Å². The van der Waals surface area contributed by atoms with Gasteiger partial charge in [-0.25, -0.2) is 4.99 Å². The van der Waals surface area contributed by atoms with Gasteiger partial charge in [0.1, 0.15) is 0 Å². The molecule has 0 amide bonds. The fraction of sp³-hybridized carbons (Fsp3) is 0.680. The molecule has 2 heterocycles. The van der Waals surface area contributed by atoms with Crippen molar-refractivity contribution < 1.29 is 14.3 Å². The van der Waals surface area contributed by atoms with E-state index in [1.54, 1.807) is 0 Å². The Morgan fingerprint density at radius 2 is 1.72 bits per heavy atom. The van der Waals surface area contributed by atoms with Gasteiger partial charge in [-0.15, -0.1) is 0 Å². The first-order valence-corrected chi connectivity index (χ1v) is 12.1. The second-order valence-electron chi connectivity index (χ2n) is 8.95. The van der Waals surface area contributed by atoms with E-state index in [1.807, 2.05) is 6.92 Å². The van der Waals surface area contributed by atoms with E-state index < -0.39 is 0 Å².